The molecule has 3 nitrogen and oxygen atoms in total. The van der Waals surface area contributed by atoms with Gasteiger partial charge in [-0.05, 0) is 55.3 Å². The Morgan fingerprint density at radius 3 is 2.63 bits per heavy atom. The summed E-state index contributed by atoms with van der Waals surface area (Å²) in [5.41, 5.74) is 2.76. The smallest absolute Gasteiger partial charge is 0.255 e. The van der Waals surface area contributed by atoms with E-state index in [-0.39, 0.29) is 11.7 Å². The zero-order valence-electron chi connectivity index (χ0n) is 10.7. The molecule has 0 aliphatic carbocycles. The number of benzene rings is 2. The molecule has 0 heterocycles. The summed E-state index contributed by atoms with van der Waals surface area (Å²) in [7, 11) is 0. The highest BCUT2D eigenvalue weighted by Crippen LogP contribution is 2.23. The summed E-state index contributed by atoms with van der Waals surface area (Å²) in [6.45, 7) is 3.63. The van der Waals surface area contributed by atoms with Crippen LogP contribution in [0, 0.1) is 13.8 Å². The molecule has 0 saturated heterocycles. The first-order valence-electron chi connectivity index (χ1n) is 5.85. The summed E-state index contributed by atoms with van der Waals surface area (Å²) in [5, 5.41) is 12.7. The third-order valence-electron chi connectivity index (χ3n) is 2.97. The third-order valence-corrected chi connectivity index (χ3v) is 3.38. The Morgan fingerprint density at radius 1 is 1.21 bits per heavy atom. The first-order valence-corrected chi connectivity index (χ1v) is 6.23. The molecule has 0 spiro atoms. The fourth-order valence-electron chi connectivity index (χ4n) is 1.83. The first kappa shape index (κ1) is 13.4. The maximum Gasteiger partial charge on any atom is 0.255 e. The number of carbonyl (C=O) groups is 1. The number of nitrogens with one attached hydrogen (secondary N) is 1. The van der Waals surface area contributed by atoms with Crippen LogP contribution in [-0.4, -0.2) is 11.0 Å². The van der Waals surface area contributed by atoms with Crippen molar-refractivity contribution >= 4 is 23.2 Å². The third kappa shape index (κ3) is 2.88. The van der Waals surface area contributed by atoms with Crippen LogP contribution in [0.5, 0.6) is 5.75 Å². The van der Waals surface area contributed by atoms with E-state index in [1.54, 1.807) is 37.3 Å². The number of halogens is 1. The van der Waals surface area contributed by atoms with E-state index in [1.165, 1.54) is 6.07 Å². The van der Waals surface area contributed by atoms with Gasteiger partial charge < -0.3 is 10.4 Å². The van der Waals surface area contributed by atoms with E-state index >= 15 is 0 Å². The van der Waals surface area contributed by atoms with Crippen molar-refractivity contribution in [3.8, 4) is 5.75 Å². The second-order valence-corrected chi connectivity index (χ2v) is 4.77. The number of phenolic OH excluding ortho intramolecular Hbond substituents is 1. The van der Waals surface area contributed by atoms with Crippen LogP contribution in [0.25, 0.3) is 0 Å². The number of hydrogen-bond donors (Lipinski definition) is 2. The van der Waals surface area contributed by atoms with Crippen LogP contribution in [0.2, 0.25) is 5.02 Å². The van der Waals surface area contributed by atoms with Crippen LogP contribution in [0.1, 0.15) is 21.5 Å². The minimum absolute atomic E-state index is 0.175. The van der Waals surface area contributed by atoms with E-state index in [2.05, 4.69) is 5.32 Å². The number of anilines is 1. The predicted octanol–water partition coefficient (Wildman–Crippen LogP) is 3.91. The highest BCUT2D eigenvalue weighted by Gasteiger charge is 2.12. The minimum atomic E-state index is -0.214. The second kappa shape index (κ2) is 5.33. The molecule has 2 rings (SSSR count). The average Bonchev–Trinajstić information content (AvgIpc) is 2.36. The van der Waals surface area contributed by atoms with Crippen LogP contribution < -0.4 is 5.32 Å². The van der Waals surface area contributed by atoms with Gasteiger partial charge in [-0.2, -0.15) is 0 Å². The van der Waals surface area contributed by atoms with Gasteiger partial charge in [0.1, 0.15) is 5.75 Å². The molecule has 0 atom stereocenters. The van der Waals surface area contributed by atoms with Crippen molar-refractivity contribution in [1.29, 1.82) is 0 Å². The van der Waals surface area contributed by atoms with Gasteiger partial charge in [0.15, 0.2) is 0 Å². The molecule has 4 heteroatoms. The van der Waals surface area contributed by atoms with Gasteiger partial charge in [-0.1, -0.05) is 17.7 Å². The van der Waals surface area contributed by atoms with Crippen LogP contribution in [0.15, 0.2) is 36.4 Å². The van der Waals surface area contributed by atoms with Crippen molar-refractivity contribution in [2.45, 2.75) is 13.8 Å². The van der Waals surface area contributed by atoms with Gasteiger partial charge in [0.25, 0.3) is 5.91 Å². The quantitative estimate of drug-likeness (QED) is 0.816. The summed E-state index contributed by atoms with van der Waals surface area (Å²) >= 11 is 6.00. The normalized spacial score (nSPS) is 10.3. The molecule has 0 aromatic heterocycles. The zero-order valence-corrected chi connectivity index (χ0v) is 11.5. The number of aryl methyl sites for hydroxylation is 1. The Balaban J connectivity index is 2.28. The molecule has 0 aliphatic rings. The molecule has 2 aromatic rings. The molecule has 19 heavy (non-hydrogen) atoms. The molecular weight excluding hydrogens is 262 g/mol. The molecule has 2 N–H and O–H groups in total. The number of hydrogen-bond acceptors (Lipinski definition) is 2. The van der Waals surface area contributed by atoms with E-state index in [9.17, 15) is 9.90 Å². The van der Waals surface area contributed by atoms with E-state index in [0.717, 1.165) is 11.1 Å². The summed E-state index contributed by atoms with van der Waals surface area (Å²) in [4.78, 5) is 12.2. The number of carbonyl (C=O) groups excluding carboxylic acids is 1. The van der Waals surface area contributed by atoms with Crippen LogP contribution in [-0.2, 0) is 0 Å². The second-order valence-electron chi connectivity index (χ2n) is 4.37. The molecule has 98 valence electrons. The van der Waals surface area contributed by atoms with Crippen LogP contribution in [0.4, 0.5) is 5.69 Å². The number of rotatable bonds is 2. The molecule has 2 aromatic carbocycles. The molecule has 0 radical (unpaired) electrons. The van der Waals surface area contributed by atoms with Gasteiger partial charge in [0.2, 0.25) is 0 Å². The fourth-order valence-corrected chi connectivity index (χ4v) is 2.01. The van der Waals surface area contributed by atoms with Crippen LogP contribution >= 0.6 is 11.6 Å². The number of amides is 1. The number of phenols is 1. The highest BCUT2D eigenvalue weighted by molar-refractivity contribution is 6.32. The Labute approximate surface area is 116 Å². The lowest BCUT2D eigenvalue weighted by atomic mass is 10.1. The lowest BCUT2D eigenvalue weighted by Crippen LogP contribution is -2.14. The predicted molar refractivity (Wildman–Crippen MR) is 77.0 cm³/mol. The Morgan fingerprint density at radius 2 is 1.95 bits per heavy atom. The van der Waals surface area contributed by atoms with Gasteiger partial charge >= 0.3 is 0 Å². The standard InChI is InChI=1S/C15H14ClNO2/c1-9-8-11(18)6-7-14(9)17-15(19)12-4-3-5-13(16)10(12)2/h3-8,18H,1-2H3,(H,17,19). The number of aromatic hydroxyl groups is 1. The largest absolute Gasteiger partial charge is 0.508 e. The summed E-state index contributed by atoms with van der Waals surface area (Å²) in [6, 6.07) is 10.0. The average molecular weight is 276 g/mol. The lowest BCUT2D eigenvalue weighted by Gasteiger charge is -2.11. The Bertz CT molecular complexity index is 638. The SMILES string of the molecule is Cc1cc(O)ccc1NC(=O)c1cccc(Cl)c1C. The van der Waals surface area contributed by atoms with Gasteiger partial charge in [-0.15, -0.1) is 0 Å². The van der Waals surface area contributed by atoms with Crippen molar-refractivity contribution in [1.82, 2.24) is 0 Å². The molecule has 0 fully saturated rings. The van der Waals surface area contributed by atoms with E-state index in [1.807, 2.05) is 6.92 Å². The zero-order chi connectivity index (χ0) is 14.0. The summed E-state index contributed by atoms with van der Waals surface area (Å²) in [6.07, 6.45) is 0. The van der Waals surface area contributed by atoms with Gasteiger partial charge in [-0.3, -0.25) is 4.79 Å². The molecular formula is C15H14ClNO2. The van der Waals surface area contributed by atoms with E-state index in [4.69, 9.17) is 11.6 Å². The minimum Gasteiger partial charge on any atom is -0.508 e. The van der Waals surface area contributed by atoms with Crippen LogP contribution in [0.3, 0.4) is 0 Å². The topological polar surface area (TPSA) is 49.3 Å². The molecule has 0 bridgehead atoms. The van der Waals surface area contributed by atoms with Crippen molar-refractivity contribution in [2.75, 3.05) is 5.32 Å². The van der Waals surface area contributed by atoms with Crippen molar-refractivity contribution in [3.63, 3.8) is 0 Å². The molecule has 0 unspecified atom stereocenters. The monoisotopic (exact) mass is 275 g/mol. The van der Waals surface area contributed by atoms with Crippen molar-refractivity contribution in [3.05, 3.63) is 58.1 Å². The molecule has 1 amide bonds. The summed E-state index contributed by atoms with van der Waals surface area (Å²) in [5.74, 6) is -0.0387. The van der Waals surface area contributed by atoms with Crippen molar-refractivity contribution in [2.24, 2.45) is 0 Å². The lowest BCUT2D eigenvalue weighted by molar-refractivity contribution is 0.102. The fraction of sp³-hybridized carbons (Fsp3) is 0.133. The Kier molecular flexibility index (Phi) is 3.76. The molecule has 0 saturated carbocycles. The van der Waals surface area contributed by atoms with Gasteiger partial charge in [0.05, 0.1) is 0 Å². The summed E-state index contributed by atoms with van der Waals surface area (Å²) < 4.78 is 0. The van der Waals surface area contributed by atoms with Gasteiger partial charge in [-0.25, -0.2) is 0 Å². The first-order chi connectivity index (χ1) is 8.99. The van der Waals surface area contributed by atoms with E-state index in [0.29, 0.717) is 16.3 Å². The Hall–Kier alpha value is -2.00. The van der Waals surface area contributed by atoms with Crippen molar-refractivity contribution < 1.29 is 9.90 Å². The van der Waals surface area contributed by atoms with E-state index < -0.39 is 0 Å². The maximum absolute atomic E-state index is 12.2. The molecule has 0 aliphatic heterocycles. The maximum atomic E-state index is 12.2. The van der Waals surface area contributed by atoms with Gasteiger partial charge in [0, 0.05) is 16.3 Å². The highest BCUT2D eigenvalue weighted by atomic mass is 35.5.